The number of rotatable bonds is 8. The SMILES string of the molecule is COc1ccc([C@H](CC(=O)O)NC(=O)CCc2nccs2)cc1. The first kappa shape index (κ1) is 17.0. The Morgan fingerprint density at radius 2 is 2.09 bits per heavy atom. The molecule has 0 unspecified atom stereocenters. The number of carbonyl (C=O) groups excluding carboxylic acids is 1. The van der Waals surface area contributed by atoms with Gasteiger partial charge in [-0.1, -0.05) is 12.1 Å². The van der Waals surface area contributed by atoms with E-state index in [0.29, 0.717) is 12.2 Å². The van der Waals surface area contributed by atoms with Gasteiger partial charge in [-0.3, -0.25) is 9.59 Å². The molecule has 0 aliphatic heterocycles. The Kier molecular flexibility index (Phi) is 6.10. The second kappa shape index (κ2) is 8.28. The van der Waals surface area contributed by atoms with Crippen LogP contribution in [-0.2, 0) is 16.0 Å². The van der Waals surface area contributed by atoms with Crippen LogP contribution in [0.25, 0.3) is 0 Å². The highest BCUT2D eigenvalue weighted by molar-refractivity contribution is 7.09. The molecule has 0 saturated carbocycles. The van der Waals surface area contributed by atoms with Gasteiger partial charge in [-0.15, -0.1) is 11.3 Å². The van der Waals surface area contributed by atoms with Crippen molar-refractivity contribution in [2.45, 2.75) is 25.3 Å². The maximum Gasteiger partial charge on any atom is 0.305 e. The second-order valence-electron chi connectivity index (χ2n) is 4.92. The number of amides is 1. The summed E-state index contributed by atoms with van der Waals surface area (Å²) in [7, 11) is 1.56. The van der Waals surface area contributed by atoms with Gasteiger partial charge < -0.3 is 15.2 Å². The first-order valence-electron chi connectivity index (χ1n) is 7.12. The molecular weight excluding hydrogens is 316 g/mol. The maximum absolute atomic E-state index is 12.1. The molecule has 0 aliphatic rings. The van der Waals surface area contributed by atoms with E-state index in [-0.39, 0.29) is 18.7 Å². The number of hydrogen-bond donors (Lipinski definition) is 2. The molecule has 1 atom stereocenters. The van der Waals surface area contributed by atoms with Crippen molar-refractivity contribution in [2.75, 3.05) is 7.11 Å². The zero-order valence-electron chi connectivity index (χ0n) is 12.7. The summed E-state index contributed by atoms with van der Waals surface area (Å²) in [4.78, 5) is 27.2. The van der Waals surface area contributed by atoms with E-state index in [0.717, 1.165) is 10.6 Å². The Hall–Kier alpha value is -2.41. The molecule has 0 aliphatic carbocycles. The van der Waals surface area contributed by atoms with E-state index < -0.39 is 12.0 Å². The Morgan fingerprint density at radius 3 is 2.65 bits per heavy atom. The van der Waals surface area contributed by atoms with Crippen LogP contribution in [0.15, 0.2) is 35.8 Å². The molecule has 1 aromatic heterocycles. The van der Waals surface area contributed by atoms with E-state index in [1.54, 1.807) is 37.6 Å². The average molecular weight is 334 g/mol. The van der Waals surface area contributed by atoms with Gasteiger partial charge >= 0.3 is 5.97 Å². The highest BCUT2D eigenvalue weighted by atomic mass is 32.1. The number of aliphatic carboxylic acids is 1. The van der Waals surface area contributed by atoms with Gasteiger partial charge in [-0.2, -0.15) is 0 Å². The lowest BCUT2D eigenvalue weighted by Crippen LogP contribution is -2.30. The highest BCUT2D eigenvalue weighted by Crippen LogP contribution is 2.20. The first-order chi connectivity index (χ1) is 11.1. The van der Waals surface area contributed by atoms with Crippen molar-refractivity contribution < 1.29 is 19.4 Å². The van der Waals surface area contributed by atoms with Gasteiger partial charge in [0.15, 0.2) is 0 Å². The average Bonchev–Trinajstić information content (AvgIpc) is 3.05. The highest BCUT2D eigenvalue weighted by Gasteiger charge is 2.18. The number of aryl methyl sites for hydroxylation is 1. The molecule has 1 heterocycles. The van der Waals surface area contributed by atoms with E-state index in [2.05, 4.69) is 10.3 Å². The monoisotopic (exact) mass is 334 g/mol. The fraction of sp³-hybridized carbons (Fsp3) is 0.312. The smallest absolute Gasteiger partial charge is 0.305 e. The van der Waals surface area contributed by atoms with E-state index >= 15 is 0 Å². The van der Waals surface area contributed by atoms with Gasteiger partial charge in [-0.25, -0.2) is 4.98 Å². The molecule has 6 nitrogen and oxygen atoms in total. The van der Waals surface area contributed by atoms with Crippen molar-refractivity contribution >= 4 is 23.2 Å². The number of carboxylic acid groups (broad SMARTS) is 1. The van der Waals surface area contributed by atoms with Crippen LogP contribution in [0.4, 0.5) is 0 Å². The van der Waals surface area contributed by atoms with Gasteiger partial charge in [0.25, 0.3) is 0 Å². The summed E-state index contributed by atoms with van der Waals surface area (Å²) in [6, 6.07) is 6.43. The Labute approximate surface area is 138 Å². The molecule has 0 fully saturated rings. The summed E-state index contributed by atoms with van der Waals surface area (Å²) in [5, 5.41) is 14.6. The van der Waals surface area contributed by atoms with Crippen LogP contribution in [0.3, 0.4) is 0 Å². The van der Waals surface area contributed by atoms with Gasteiger partial charge in [0.05, 0.1) is 24.6 Å². The number of carbonyl (C=O) groups is 2. The summed E-state index contributed by atoms with van der Waals surface area (Å²) in [6.07, 6.45) is 2.35. The summed E-state index contributed by atoms with van der Waals surface area (Å²) >= 11 is 1.50. The number of benzene rings is 1. The number of thiazole rings is 1. The molecule has 122 valence electrons. The van der Waals surface area contributed by atoms with Crippen molar-refractivity contribution in [1.29, 1.82) is 0 Å². The summed E-state index contributed by atoms with van der Waals surface area (Å²) in [5.74, 6) is -0.480. The number of methoxy groups -OCH3 is 1. The molecule has 23 heavy (non-hydrogen) atoms. The first-order valence-corrected chi connectivity index (χ1v) is 8.00. The molecule has 7 heteroatoms. The molecule has 0 bridgehead atoms. The number of aromatic nitrogens is 1. The number of ether oxygens (including phenoxy) is 1. The van der Waals surface area contributed by atoms with Crippen molar-refractivity contribution in [3.8, 4) is 5.75 Å². The van der Waals surface area contributed by atoms with Crippen molar-refractivity contribution in [2.24, 2.45) is 0 Å². The molecule has 1 amide bonds. The number of hydrogen-bond acceptors (Lipinski definition) is 5. The van der Waals surface area contributed by atoms with Crippen LogP contribution in [0.1, 0.15) is 29.5 Å². The van der Waals surface area contributed by atoms with Crippen LogP contribution in [0.2, 0.25) is 0 Å². The van der Waals surface area contributed by atoms with Gasteiger partial charge in [0.1, 0.15) is 5.75 Å². The molecule has 0 spiro atoms. The number of nitrogens with one attached hydrogen (secondary N) is 1. The van der Waals surface area contributed by atoms with E-state index in [4.69, 9.17) is 9.84 Å². The third-order valence-electron chi connectivity index (χ3n) is 3.28. The minimum Gasteiger partial charge on any atom is -0.497 e. The lowest BCUT2D eigenvalue weighted by Gasteiger charge is -2.17. The van der Waals surface area contributed by atoms with Crippen LogP contribution >= 0.6 is 11.3 Å². The molecule has 0 saturated heterocycles. The summed E-state index contributed by atoms with van der Waals surface area (Å²) in [5.41, 5.74) is 0.732. The predicted octanol–water partition coefficient (Wildman–Crippen LogP) is 2.42. The Balaban J connectivity index is 1.99. The van der Waals surface area contributed by atoms with Crippen LogP contribution in [-0.4, -0.2) is 29.1 Å². The standard InChI is InChI=1S/C16H18N2O4S/c1-22-12-4-2-11(3-5-12)13(10-16(20)21)18-14(19)6-7-15-17-8-9-23-15/h2-5,8-9,13H,6-7,10H2,1H3,(H,18,19)(H,20,21)/t13-/m0/s1. The zero-order valence-corrected chi connectivity index (χ0v) is 13.5. The molecule has 2 N–H and O–H groups in total. The molecule has 1 aromatic carbocycles. The third kappa shape index (κ3) is 5.37. The lowest BCUT2D eigenvalue weighted by molar-refractivity contribution is -0.137. The Morgan fingerprint density at radius 1 is 1.35 bits per heavy atom. The summed E-state index contributed by atoms with van der Waals surface area (Å²) < 4.78 is 5.08. The zero-order chi connectivity index (χ0) is 16.7. The van der Waals surface area contributed by atoms with E-state index in [1.807, 2.05) is 5.38 Å². The van der Waals surface area contributed by atoms with Crippen molar-refractivity contribution in [3.63, 3.8) is 0 Å². The molecule has 0 radical (unpaired) electrons. The minimum absolute atomic E-state index is 0.171. The van der Waals surface area contributed by atoms with Crippen LogP contribution in [0, 0.1) is 0 Å². The van der Waals surface area contributed by atoms with Gasteiger partial charge in [0, 0.05) is 24.4 Å². The van der Waals surface area contributed by atoms with Gasteiger partial charge in [-0.05, 0) is 17.7 Å². The van der Waals surface area contributed by atoms with Crippen LogP contribution < -0.4 is 10.1 Å². The third-order valence-corrected chi connectivity index (χ3v) is 4.12. The van der Waals surface area contributed by atoms with Crippen molar-refractivity contribution in [1.82, 2.24) is 10.3 Å². The topological polar surface area (TPSA) is 88.5 Å². The van der Waals surface area contributed by atoms with Crippen LogP contribution in [0.5, 0.6) is 5.75 Å². The van der Waals surface area contributed by atoms with Crippen molar-refractivity contribution in [3.05, 3.63) is 46.4 Å². The quantitative estimate of drug-likeness (QED) is 0.774. The Bertz CT molecular complexity index is 641. The summed E-state index contributed by atoms with van der Waals surface area (Å²) in [6.45, 7) is 0. The minimum atomic E-state index is -0.967. The fourth-order valence-corrected chi connectivity index (χ4v) is 2.75. The second-order valence-corrected chi connectivity index (χ2v) is 5.90. The van der Waals surface area contributed by atoms with Gasteiger partial charge in [0.2, 0.25) is 5.91 Å². The number of nitrogens with zero attached hydrogens (tertiary/aromatic N) is 1. The molecular formula is C16H18N2O4S. The predicted molar refractivity (Wildman–Crippen MR) is 86.6 cm³/mol. The van der Waals surface area contributed by atoms with E-state index in [9.17, 15) is 9.59 Å². The maximum atomic E-state index is 12.1. The lowest BCUT2D eigenvalue weighted by atomic mass is 10.0. The fourth-order valence-electron chi connectivity index (χ4n) is 2.13. The van der Waals surface area contributed by atoms with E-state index in [1.165, 1.54) is 11.3 Å². The largest absolute Gasteiger partial charge is 0.497 e. The number of carboxylic acids is 1. The normalized spacial score (nSPS) is 11.7. The molecule has 2 rings (SSSR count). The molecule has 2 aromatic rings.